The lowest BCUT2D eigenvalue weighted by molar-refractivity contribution is 0.0951. The largest absolute Gasteiger partial charge is 0.348 e. The molecule has 1 amide bonds. The summed E-state index contributed by atoms with van der Waals surface area (Å²) in [4.78, 5) is 12.3. The van der Waals surface area contributed by atoms with Crippen molar-refractivity contribution in [3.05, 3.63) is 65.5 Å². The van der Waals surface area contributed by atoms with E-state index in [-0.39, 0.29) is 24.0 Å². The SMILES string of the molecule is O=C(NCc1cccc(F)c1)c1cccc(N2CCCS2(=O)=O)c1. The summed E-state index contributed by atoms with van der Waals surface area (Å²) in [5.74, 6) is -0.566. The molecule has 5 nitrogen and oxygen atoms in total. The van der Waals surface area contributed by atoms with Gasteiger partial charge in [0, 0.05) is 18.7 Å². The van der Waals surface area contributed by atoms with Crippen LogP contribution in [0.2, 0.25) is 0 Å². The molecule has 0 spiro atoms. The molecule has 24 heavy (non-hydrogen) atoms. The molecule has 0 atom stereocenters. The zero-order valence-corrected chi connectivity index (χ0v) is 13.7. The Bertz CT molecular complexity index is 868. The Morgan fingerprint density at radius 1 is 1.17 bits per heavy atom. The molecule has 1 heterocycles. The van der Waals surface area contributed by atoms with Gasteiger partial charge in [-0.2, -0.15) is 0 Å². The van der Waals surface area contributed by atoms with E-state index in [1.807, 2.05) is 0 Å². The number of sulfonamides is 1. The fourth-order valence-electron chi connectivity index (χ4n) is 2.66. The molecule has 1 N–H and O–H groups in total. The summed E-state index contributed by atoms with van der Waals surface area (Å²) >= 11 is 0. The second kappa shape index (κ2) is 6.60. The molecule has 1 aliphatic heterocycles. The summed E-state index contributed by atoms with van der Waals surface area (Å²) in [7, 11) is -3.28. The van der Waals surface area contributed by atoms with E-state index in [0.717, 1.165) is 0 Å². The first-order valence-corrected chi connectivity index (χ1v) is 9.20. The van der Waals surface area contributed by atoms with E-state index in [2.05, 4.69) is 5.32 Å². The van der Waals surface area contributed by atoms with Gasteiger partial charge in [0.1, 0.15) is 5.82 Å². The zero-order chi connectivity index (χ0) is 17.2. The van der Waals surface area contributed by atoms with Gasteiger partial charge in [-0.1, -0.05) is 18.2 Å². The number of amides is 1. The van der Waals surface area contributed by atoms with Gasteiger partial charge in [-0.15, -0.1) is 0 Å². The van der Waals surface area contributed by atoms with Crippen molar-refractivity contribution in [3.8, 4) is 0 Å². The predicted octanol–water partition coefficient (Wildman–Crippen LogP) is 2.30. The Hall–Kier alpha value is -2.41. The highest BCUT2D eigenvalue weighted by Crippen LogP contribution is 2.24. The molecule has 0 bridgehead atoms. The van der Waals surface area contributed by atoms with Gasteiger partial charge in [-0.05, 0) is 42.3 Å². The number of anilines is 1. The molecule has 0 saturated carbocycles. The fraction of sp³-hybridized carbons (Fsp3) is 0.235. The van der Waals surface area contributed by atoms with Crippen molar-refractivity contribution in [3.63, 3.8) is 0 Å². The average Bonchev–Trinajstić information content (AvgIpc) is 2.92. The lowest BCUT2D eigenvalue weighted by Gasteiger charge is -2.17. The number of halogens is 1. The van der Waals surface area contributed by atoms with Crippen LogP contribution in [-0.4, -0.2) is 26.6 Å². The van der Waals surface area contributed by atoms with E-state index >= 15 is 0 Å². The topological polar surface area (TPSA) is 66.5 Å². The van der Waals surface area contributed by atoms with Crippen molar-refractivity contribution in [1.82, 2.24) is 5.32 Å². The van der Waals surface area contributed by atoms with Gasteiger partial charge in [-0.25, -0.2) is 12.8 Å². The number of carbonyl (C=O) groups excluding carboxylic acids is 1. The molecule has 2 aromatic carbocycles. The zero-order valence-electron chi connectivity index (χ0n) is 12.9. The summed E-state index contributed by atoms with van der Waals surface area (Å²) in [6.07, 6.45) is 0.582. The normalized spacial score (nSPS) is 16.1. The van der Waals surface area contributed by atoms with E-state index < -0.39 is 10.0 Å². The standard InChI is InChI=1S/C17H17FN2O3S/c18-15-6-1-4-13(10-15)12-19-17(21)14-5-2-7-16(11-14)20-8-3-9-24(20,22)23/h1-2,4-7,10-11H,3,8-9,12H2,(H,19,21). The molecular formula is C17H17FN2O3S. The maximum Gasteiger partial charge on any atom is 0.251 e. The third kappa shape index (κ3) is 3.56. The average molecular weight is 348 g/mol. The summed E-state index contributed by atoms with van der Waals surface area (Å²) in [5, 5.41) is 2.71. The fourth-order valence-corrected chi connectivity index (χ4v) is 4.22. The van der Waals surface area contributed by atoms with Crippen LogP contribution in [0.4, 0.5) is 10.1 Å². The second-order valence-corrected chi connectivity index (χ2v) is 7.62. The predicted molar refractivity (Wildman–Crippen MR) is 89.8 cm³/mol. The Morgan fingerprint density at radius 2 is 1.96 bits per heavy atom. The summed E-state index contributed by atoms with van der Waals surface area (Å²) in [6, 6.07) is 12.5. The molecule has 0 radical (unpaired) electrons. The molecule has 0 aliphatic carbocycles. The molecule has 3 rings (SSSR count). The summed E-state index contributed by atoms with van der Waals surface area (Å²) < 4.78 is 38.4. The van der Waals surface area contributed by atoms with Gasteiger partial charge in [0.2, 0.25) is 10.0 Å². The highest BCUT2D eigenvalue weighted by molar-refractivity contribution is 7.93. The molecule has 2 aromatic rings. The van der Waals surface area contributed by atoms with Crippen molar-refractivity contribution in [2.75, 3.05) is 16.6 Å². The van der Waals surface area contributed by atoms with Crippen LogP contribution in [0.25, 0.3) is 0 Å². The minimum atomic E-state index is -3.28. The lowest BCUT2D eigenvalue weighted by atomic mass is 10.1. The van der Waals surface area contributed by atoms with Crippen molar-refractivity contribution in [2.24, 2.45) is 0 Å². The Kier molecular flexibility index (Phi) is 4.53. The van der Waals surface area contributed by atoms with E-state index in [1.54, 1.807) is 36.4 Å². The van der Waals surface area contributed by atoms with Gasteiger partial charge in [0.15, 0.2) is 0 Å². The highest BCUT2D eigenvalue weighted by atomic mass is 32.2. The van der Waals surface area contributed by atoms with Crippen LogP contribution < -0.4 is 9.62 Å². The maximum atomic E-state index is 13.1. The van der Waals surface area contributed by atoms with Gasteiger partial charge < -0.3 is 5.32 Å². The Morgan fingerprint density at radius 3 is 2.67 bits per heavy atom. The summed E-state index contributed by atoms with van der Waals surface area (Å²) in [5.41, 5.74) is 1.51. The smallest absolute Gasteiger partial charge is 0.251 e. The van der Waals surface area contributed by atoms with Crippen LogP contribution in [0, 0.1) is 5.82 Å². The second-order valence-electron chi connectivity index (χ2n) is 5.60. The molecule has 1 fully saturated rings. The number of hydrogen-bond acceptors (Lipinski definition) is 3. The molecular weight excluding hydrogens is 331 g/mol. The quantitative estimate of drug-likeness (QED) is 0.922. The van der Waals surface area contributed by atoms with Gasteiger partial charge in [0.05, 0.1) is 11.4 Å². The first kappa shape index (κ1) is 16.4. The minimum absolute atomic E-state index is 0.128. The van der Waals surface area contributed by atoms with Crippen LogP contribution in [-0.2, 0) is 16.6 Å². The molecule has 7 heteroatoms. The molecule has 1 aliphatic rings. The first-order valence-electron chi connectivity index (χ1n) is 7.59. The molecule has 0 aromatic heterocycles. The van der Waals surface area contributed by atoms with Gasteiger partial charge in [-0.3, -0.25) is 9.10 Å². The van der Waals surface area contributed by atoms with Gasteiger partial charge in [0.25, 0.3) is 5.91 Å². The minimum Gasteiger partial charge on any atom is -0.348 e. The third-order valence-electron chi connectivity index (χ3n) is 3.84. The highest BCUT2D eigenvalue weighted by Gasteiger charge is 2.28. The number of carbonyl (C=O) groups is 1. The van der Waals surface area contributed by atoms with Crippen LogP contribution in [0.15, 0.2) is 48.5 Å². The number of rotatable bonds is 4. The van der Waals surface area contributed by atoms with Crippen LogP contribution in [0.5, 0.6) is 0 Å². The van der Waals surface area contributed by atoms with E-state index in [0.29, 0.717) is 29.8 Å². The lowest BCUT2D eigenvalue weighted by Crippen LogP contribution is -2.26. The first-order chi connectivity index (χ1) is 11.5. The number of hydrogen-bond donors (Lipinski definition) is 1. The summed E-state index contributed by atoms with van der Waals surface area (Å²) in [6.45, 7) is 0.625. The molecule has 0 unspecified atom stereocenters. The van der Waals surface area contributed by atoms with Crippen molar-refractivity contribution < 1.29 is 17.6 Å². The molecule has 1 saturated heterocycles. The van der Waals surface area contributed by atoms with Crippen LogP contribution in [0.1, 0.15) is 22.3 Å². The number of benzene rings is 2. The molecule has 126 valence electrons. The van der Waals surface area contributed by atoms with E-state index in [9.17, 15) is 17.6 Å². The Balaban J connectivity index is 1.73. The number of nitrogens with zero attached hydrogens (tertiary/aromatic N) is 1. The van der Waals surface area contributed by atoms with Crippen LogP contribution in [0.3, 0.4) is 0 Å². The number of nitrogens with one attached hydrogen (secondary N) is 1. The van der Waals surface area contributed by atoms with Crippen molar-refractivity contribution in [1.29, 1.82) is 0 Å². The van der Waals surface area contributed by atoms with Crippen molar-refractivity contribution >= 4 is 21.6 Å². The van der Waals surface area contributed by atoms with E-state index in [4.69, 9.17) is 0 Å². The maximum absolute atomic E-state index is 13.1. The third-order valence-corrected chi connectivity index (χ3v) is 5.71. The van der Waals surface area contributed by atoms with Crippen molar-refractivity contribution in [2.45, 2.75) is 13.0 Å². The Labute approximate surface area is 140 Å². The van der Waals surface area contributed by atoms with Gasteiger partial charge >= 0.3 is 0 Å². The monoisotopic (exact) mass is 348 g/mol. The van der Waals surface area contributed by atoms with Crippen LogP contribution >= 0.6 is 0 Å². The van der Waals surface area contributed by atoms with E-state index in [1.165, 1.54) is 16.4 Å².